The van der Waals surface area contributed by atoms with Gasteiger partial charge in [0.15, 0.2) is 0 Å². The number of aliphatic carboxylic acids is 1. The van der Waals surface area contributed by atoms with Crippen LogP contribution in [0.2, 0.25) is 0 Å². The van der Waals surface area contributed by atoms with Crippen LogP contribution in [0.15, 0.2) is 23.0 Å². The van der Waals surface area contributed by atoms with Crippen LogP contribution in [-0.2, 0) is 29.7 Å². The number of carbonyl (C=O) groups is 1. The second-order valence-electron chi connectivity index (χ2n) is 7.33. The molecule has 1 fully saturated rings. The van der Waals surface area contributed by atoms with Gasteiger partial charge in [0.05, 0.1) is 24.8 Å². The summed E-state index contributed by atoms with van der Waals surface area (Å²) in [6.45, 7) is 4.36. The van der Waals surface area contributed by atoms with Gasteiger partial charge in [-0.25, -0.2) is 4.79 Å². The van der Waals surface area contributed by atoms with Crippen molar-refractivity contribution in [2.24, 2.45) is 13.0 Å². The summed E-state index contributed by atoms with van der Waals surface area (Å²) in [4.78, 5) is 11.3. The van der Waals surface area contributed by atoms with Crippen molar-refractivity contribution in [3.63, 3.8) is 0 Å². The van der Waals surface area contributed by atoms with Crippen molar-refractivity contribution >= 4 is 5.97 Å². The highest BCUT2D eigenvalue weighted by molar-refractivity contribution is 5.73. The Kier molecular flexibility index (Phi) is 6.58. The lowest BCUT2D eigenvalue weighted by Crippen LogP contribution is -2.36. The summed E-state index contributed by atoms with van der Waals surface area (Å²) >= 11 is 0. The summed E-state index contributed by atoms with van der Waals surface area (Å²) in [5, 5.41) is 15.7. The number of halogens is 3. The number of aryl methyl sites for hydroxylation is 1. The molecule has 1 saturated carbocycles. The standard InChI is InChI=1S/C16H22N4O2.C2HF3O2/c1-19-16-14(11-22-9-12-2-3-12)7-20(8-15(16)17-18-19)6-13-4-5-21-10-13;3-2(4,5)1(6)7/h4-5,10,12,14H,2-3,6-9,11H2,1H3;(H,6,7). The van der Waals surface area contributed by atoms with Gasteiger partial charge in [0.25, 0.3) is 0 Å². The molecular weight excluding hydrogens is 393 g/mol. The van der Waals surface area contributed by atoms with E-state index in [0.29, 0.717) is 5.92 Å². The summed E-state index contributed by atoms with van der Waals surface area (Å²) in [6.07, 6.45) is 1.11. The van der Waals surface area contributed by atoms with E-state index in [1.54, 1.807) is 6.26 Å². The third-order valence-corrected chi connectivity index (χ3v) is 4.78. The Morgan fingerprint density at radius 3 is 2.69 bits per heavy atom. The molecule has 1 aliphatic carbocycles. The Labute approximate surface area is 165 Å². The number of hydrogen-bond acceptors (Lipinski definition) is 6. The molecule has 1 aliphatic heterocycles. The lowest BCUT2D eigenvalue weighted by Gasteiger charge is -2.31. The molecule has 3 heterocycles. The van der Waals surface area contributed by atoms with Gasteiger partial charge in [0.1, 0.15) is 5.69 Å². The molecule has 2 aromatic rings. The third-order valence-electron chi connectivity index (χ3n) is 4.78. The van der Waals surface area contributed by atoms with E-state index in [0.717, 1.165) is 44.5 Å². The van der Waals surface area contributed by atoms with E-state index < -0.39 is 12.1 Å². The Balaban J connectivity index is 0.000000298. The molecule has 4 rings (SSSR count). The summed E-state index contributed by atoms with van der Waals surface area (Å²) in [5.74, 6) is -1.61. The molecule has 0 bridgehead atoms. The molecule has 2 aliphatic rings. The number of furan rings is 1. The highest BCUT2D eigenvalue weighted by Crippen LogP contribution is 2.31. The molecule has 11 heteroatoms. The Morgan fingerprint density at radius 2 is 2.10 bits per heavy atom. The Morgan fingerprint density at radius 1 is 1.38 bits per heavy atom. The minimum Gasteiger partial charge on any atom is -0.475 e. The van der Waals surface area contributed by atoms with Crippen molar-refractivity contribution in [1.82, 2.24) is 19.9 Å². The van der Waals surface area contributed by atoms with Crippen molar-refractivity contribution < 1.29 is 32.2 Å². The lowest BCUT2D eigenvalue weighted by atomic mass is 9.98. The highest BCUT2D eigenvalue weighted by Gasteiger charge is 2.38. The summed E-state index contributed by atoms with van der Waals surface area (Å²) in [6, 6.07) is 2.02. The van der Waals surface area contributed by atoms with Gasteiger partial charge < -0.3 is 14.3 Å². The second-order valence-corrected chi connectivity index (χ2v) is 7.33. The molecule has 1 N–H and O–H groups in total. The first-order valence-corrected chi connectivity index (χ1v) is 9.23. The normalized spacial score (nSPS) is 19.4. The molecule has 29 heavy (non-hydrogen) atoms. The molecule has 160 valence electrons. The summed E-state index contributed by atoms with van der Waals surface area (Å²) in [7, 11) is 1.98. The predicted molar refractivity (Wildman–Crippen MR) is 93.8 cm³/mol. The molecular formula is C18H23F3N4O4. The van der Waals surface area contributed by atoms with Gasteiger partial charge in [-0.1, -0.05) is 5.21 Å². The number of ether oxygens (including phenoxy) is 1. The average molecular weight is 416 g/mol. The topological polar surface area (TPSA) is 93.6 Å². The zero-order valence-electron chi connectivity index (χ0n) is 15.9. The minimum atomic E-state index is -5.08. The molecule has 0 amide bonds. The highest BCUT2D eigenvalue weighted by atomic mass is 19.4. The number of hydrogen-bond donors (Lipinski definition) is 1. The summed E-state index contributed by atoms with van der Waals surface area (Å²) < 4.78 is 44.8. The largest absolute Gasteiger partial charge is 0.490 e. The van der Waals surface area contributed by atoms with Gasteiger partial charge in [-0.15, -0.1) is 5.10 Å². The van der Waals surface area contributed by atoms with Crippen LogP contribution >= 0.6 is 0 Å². The fraction of sp³-hybridized carbons (Fsp3) is 0.611. The van der Waals surface area contributed by atoms with Crippen LogP contribution in [0.25, 0.3) is 0 Å². The summed E-state index contributed by atoms with van der Waals surface area (Å²) in [5.41, 5.74) is 3.52. The van der Waals surface area contributed by atoms with E-state index in [-0.39, 0.29) is 0 Å². The Bertz CT molecular complexity index is 803. The number of carboxylic acids is 1. The number of nitrogens with zero attached hydrogens (tertiary/aromatic N) is 4. The fourth-order valence-electron chi connectivity index (χ4n) is 3.25. The lowest BCUT2D eigenvalue weighted by molar-refractivity contribution is -0.192. The number of rotatable bonds is 6. The first kappa shape index (κ1) is 21.3. The maximum atomic E-state index is 10.6. The van der Waals surface area contributed by atoms with Gasteiger partial charge in [-0.05, 0) is 24.8 Å². The monoisotopic (exact) mass is 416 g/mol. The maximum Gasteiger partial charge on any atom is 0.490 e. The first-order valence-electron chi connectivity index (χ1n) is 9.23. The van der Waals surface area contributed by atoms with E-state index >= 15 is 0 Å². The van der Waals surface area contributed by atoms with E-state index in [1.165, 1.54) is 24.1 Å². The molecule has 1 atom stereocenters. The Hall–Kier alpha value is -2.40. The van der Waals surface area contributed by atoms with Crippen LogP contribution in [0.3, 0.4) is 0 Å². The molecule has 2 aromatic heterocycles. The smallest absolute Gasteiger partial charge is 0.475 e. The van der Waals surface area contributed by atoms with E-state index in [1.807, 2.05) is 24.1 Å². The van der Waals surface area contributed by atoms with Gasteiger partial charge in [0.2, 0.25) is 0 Å². The van der Waals surface area contributed by atoms with Crippen molar-refractivity contribution in [3.05, 3.63) is 35.5 Å². The van der Waals surface area contributed by atoms with Gasteiger partial charge in [-0.2, -0.15) is 13.2 Å². The van der Waals surface area contributed by atoms with Crippen LogP contribution in [0.4, 0.5) is 13.2 Å². The van der Waals surface area contributed by atoms with Crippen molar-refractivity contribution in [2.45, 2.75) is 38.0 Å². The van der Waals surface area contributed by atoms with Crippen LogP contribution < -0.4 is 0 Å². The molecule has 1 unspecified atom stereocenters. The predicted octanol–water partition coefficient (Wildman–Crippen LogP) is 2.57. The number of alkyl halides is 3. The van der Waals surface area contributed by atoms with E-state index in [4.69, 9.17) is 19.1 Å². The minimum absolute atomic E-state index is 0.342. The van der Waals surface area contributed by atoms with Crippen LogP contribution in [-0.4, -0.2) is 56.9 Å². The first-order chi connectivity index (χ1) is 13.7. The van der Waals surface area contributed by atoms with Gasteiger partial charge >= 0.3 is 12.1 Å². The zero-order valence-corrected chi connectivity index (χ0v) is 15.9. The molecule has 0 saturated heterocycles. The van der Waals surface area contributed by atoms with E-state index in [2.05, 4.69) is 15.2 Å². The zero-order chi connectivity index (χ0) is 21.0. The quantitative estimate of drug-likeness (QED) is 0.774. The number of carboxylic acid groups (broad SMARTS) is 1. The van der Waals surface area contributed by atoms with Crippen LogP contribution in [0.5, 0.6) is 0 Å². The van der Waals surface area contributed by atoms with Gasteiger partial charge in [-0.3, -0.25) is 9.58 Å². The number of fused-ring (bicyclic) bond motifs is 1. The van der Waals surface area contributed by atoms with E-state index in [9.17, 15) is 13.2 Å². The van der Waals surface area contributed by atoms with Crippen LogP contribution in [0.1, 0.15) is 35.7 Å². The van der Waals surface area contributed by atoms with Crippen molar-refractivity contribution in [1.29, 1.82) is 0 Å². The molecule has 8 nitrogen and oxygen atoms in total. The SMILES string of the molecule is Cn1nnc2c1C(COCC1CC1)CN(Cc1ccoc1)C2.O=C(O)C(F)(F)F. The van der Waals surface area contributed by atoms with Crippen molar-refractivity contribution in [2.75, 3.05) is 19.8 Å². The second kappa shape index (κ2) is 8.95. The van der Waals surface area contributed by atoms with Gasteiger partial charge in [0, 0.05) is 44.8 Å². The number of aromatic nitrogens is 3. The molecule has 0 spiro atoms. The molecule has 0 radical (unpaired) electrons. The molecule has 0 aromatic carbocycles. The fourth-order valence-corrected chi connectivity index (χ4v) is 3.25. The average Bonchev–Trinajstić information content (AvgIpc) is 3.18. The van der Waals surface area contributed by atoms with Crippen molar-refractivity contribution in [3.8, 4) is 0 Å². The van der Waals surface area contributed by atoms with Crippen LogP contribution in [0, 0.1) is 5.92 Å². The third kappa shape index (κ3) is 6.04. The maximum absolute atomic E-state index is 10.6.